The van der Waals surface area contributed by atoms with E-state index in [9.17, 15) is 19.5 Å². The first-order chi connectivity index (χ1) is 12.3. The average molecular weight is 368 g/mol. The molecule has 0 saturated heterocycles. The highest BCUT2D eigenvalue weighted by molar-refractivity contribution is 5.83. The average Bonchev–Trinajstić information content (AvgIpc) is 2.55. The maximum atomic E-state index is 12.5. The lowest BCUT2D eigenvalue weighted by atomic mass is 10.1. The number of rotatable bonds is 10. The van der Waals surface area contributed by atoms with E-state index in [0.29, 0.717) is 6.42 Å². The molecule has 12 nitrogen and oxygen atoms in total. The lowest BCUT2D eigenvalue weighted by Gasteiger charge is -2.28. The van der Waals surface area contributed by atoms with Crippen LogP contribution in [-0.4, -0.2) is 63.1 Å². The summed E-state index contributed by atoms with van der Waals surface area (Å²) in [5.74, 6) is -1.82. The van der Waals surface area contributed by atoms with Gasteiger partial charge in [-0.05, 0) is 18.9 Å². The SMILES string of the molecule is NCCN(C(=O)Cn1ccc(N)nc1=O)[C@H](CCCN=C(N)N)C(=O)O. The van der Waals surface area contributed by atoms with Crippen molar-refractivity contribution in [2.45, 2.75) is 25.4 Å². The highest BCUT2D eigenvalue weighted by Gasteiger charge is 2.29. The molecule has 0 aliphatic rings. The van der Waals surface area contributed by atoms with Crippen molar-refractivity contribution in [3.05, 3.63) is 22.7 Å². The van der Waals surface area contributed by atoms with Gasteiger partial charge in [-0.3, -0.25) is 14.4 Å². The minimum Gasteiger partial charge on any atom is -0.480 e. The van der Waals surface area contributed by atoms with Gasteiger partial charge in [0.25, 0.3) is 0 Å². The summed E-state index contributed by atoms with van der Waals surface area (Å²) in [5.41, 5.74) is 20.6. The summed E-state index contributed by atoms with van der Waals surface area (Å²) in [6, 6.07) is 0.254. The Labute approximate surface area is 149 Å². The Morgan fingerprint density at radius 2 is 2.08 bits per heavy atom. The molecule has 0 aliphatic heterocycles. The molecule has 1 aromatic heterocycles. The zero-order valence-electron chi connectivity index (χ0n) is 14.2. The molecule has 0 spiro atoms. The molecule has 26 heavy (non-hydrogen) atoms. The van der Waals surface area contributed by atoms with Crippen LogP contribution in [0.25, 0.3) is 0 Å². The fourth-order valence-corrected chi connectivity index (χ4v) is 2.30. The number of anilines is 1. The number of nitrogen functional groups attached to an aromatic ring is 1. The number of aromatic nitrogens is 2. The van der Waals surface area contributed by atoms with Crippen LogP contribution >= 0.6 is 0 Å². The molecule has 1 atom stereocenters. The second-order valence-electron chi connectivity index (χ2n) is 5.44. The minimum absolute atomic E-state index is 0.0231. The zero-order chi connectivity index (χ0) is 19.7. The molecule has 1 rings (SSSR count). The van der Waals surface area contributed by atoms with E-state index in [0.717, 1.165) is 9.47 Å². The first kappa shape index (κ1) is 20.9. The van der Waals surface area contributed by atoms with Crippen molar-refractivity contribution in [3.8, 4) is 0 Å². The topological polar surface area (TPSA) is 209 Å². The van der Waals surface area contributed by atoms with Crippen LogP contribution in [-0.2, 0) is 16.1 Å². The normalized spacial score (nSPS) is 11.6. The lowest BCUT2D eigenvalue weighted by Crippen LogP contribution is -2.49. The zero-order valence-corrected chi connectivity index (χ0v) is 14.2. The van der Waals surface area contributed by atoms with Crippen molar-refractivity contribution < 1.29 is 14.7 Å². The van der Waals surface area contributed by atoms with E-state index in [4.69, 9.17) is 22.9 Å². The quantitative estimate of drug-likeness (QED) is 0.163. The highest BCUT2D eigenvalue weighted by Crippen LogP contribution is 2.09. The summed E-state index contributed by atoms with van der Waals surface area (Å²) < 4.78 is 1.04. The Morgan fingerprint density at radius 3 is 2.62 bits per heavy atom. The Bertz CT molecular complexity index is 713. The summed E-state index contributed by atoms with van der Waals surface area (Å²) in [7, 11) is 0. The molecular weight excluding hydrogens is 344 g/mol. The van der Waals surface area contributed by atoms with Crippen molar-refractivity contribution >= 4 is 23.7 Å². The number of nitrogens with zero attached hydrogens (tertiary/aromatic N) is 4. The molecule has 12 heteroatoms. The second kappa shape index (κ2) is 9.98. The number of aliphatic imine (C=N–C) groups is 1. The fourth-order valence-electron chi connectivity index (χ4n) is 2.30. The van der Waals surface area contributed by atoms with Crippen LogP contribution in [0.3, 0.4) is 0 Å². The third kappa shape index (κ3) is 6.39. The minimum atomic E-state index is -1.18. The Balaban J connectivity index is 2.90. The molecule has 0 bridgehead atoms. The number of amides is 1. The molecule has 1 amide bonds. The summed E-state index contributed by atoms with van der Waals surface area (Å²) in [4.78, 5) is 44.3. The predicted octanol–water partition coefficient (Wildman–Crippen LogP) is -2.88. The van der Waals surface area contributed by atoms with Gasteiger partial charge in [-0.1, -0.05) is 0 Å². The standard InChI is InChI=1S/C14H24N8O4/c15-4-7-22(9(12(24)25)2-1-5-19-13(17)18)11(23)8-21-6-3-10(16)20-14(21)26/h3,6,9H,1-2,4-5,7-8,15H2,(H,24,25)(H2,16,20,26)(H4,17,18,19)/t9-/m1/s1. The first-order valence-electron chi connectivity index (χ1n) is 7.87. The summed E-state index contributed by atoms with van der Waals surface area (Å²) in [6.45, 7) is -0.0462. The predicted molar refractivity (Wildman–Crippen MR) is 95.0 cm³/mol. The highest BCUT2D eigenvalue weighted by atomic mass is 16.4. The van der Waals surface area contributed by atoms with Crippen LogP contribution in [0.2, 0.25) is 0 Å². The van der Waals surface area contributed by atoms with Gasteiger partial charge in [-0.2, -0.15) is 4.98 Å². The Hall–Kier alpha value is -3.15. The number of hydrogen-bond acceptors (Lipinski definition) is 7. The molecule has 144 valence electrons. The van der Waals surface area contributed by atoms with E-state index in [-0.39, 0.29) is 44.4 Å². The van der Waals surface area contributed by atoms with Crippen LogP contribution in [0.15, 0.2) is 22.1 Å². The number of carboxylic acid groups (broad SMARTS) is 1. The van der Waals surface area contributed by atoms with E-state index < -0.39 is 23.6 Å². The van der Waals surface area contributed by atoms with Crippen LogP contribution in [0, 0.1) is 0 Å². The van der Waals surface area contributed by atoms with Gasteiger partial charge in [0.2, 0.25) is 5.91 Å². The number of carbonyl (C=O) groups is 2. The van der Waals surface area contributed by atoms with Crippen LogP contribution in [0.4, 0.5) is 5.82 Å². The van der Waals surface area contributed by atoms with Crippen molar-refractivity contribution in [1.82, 2.24) is 14.5 Å². The smallest absolute Gasteiger partial charge is 0.349 e. The van der Waals surface area contributed by atoms with Gasteiger partial charge in [0.1, 0.15) is 18.4 Å². The van der Waals surface area contributed by atoms with Crippen LogP contribution in [0.1, 0.15) is 12.8 Å². The molecule has 0 radical (unpaired) electrons. The molecule has 0 saturated carbocycles. The number of nitrogens with two attached hydrogens (primary N) is 4. The third-order valence-corrected chi connectivity index (χ3v) is 3.48. The number of hydrogen-bond donors (Lipinski definition) is 5. The van der Waals surface area contributed by atoms with Gasteiger partial charge in [-0.25, -0.2) is 9.59 Å². The van der Waals surface area contributed by atoms with Gasteiger partial charge in [0.15, 0.2) is 5.96 Å². The number of aliphatic carboxylic acids is 1. The van der Waals surface area contributed by atoms with E-state index >= 15 is 0 Å². The molecule has 0 aliphatic carbocycles. The molecule has 9 N–H and O–H groups in total. The largest absolute Gasteiger partial charge is 0.480 e. The summed E-state index contributed by atoms with van der Waals surface area (Å²) in [5, 5.41) is 9.47. The number of guanidine groups is 1. The number of carboxylic acids is 1. The van der Waals surface area contributed by atoms with Crippen molar-refractivity contribution in [1.29, 1.82) is 0 Å². The first-order valence-corrected chi connectivity index (χ1v) is 7.87. The molecule has 1 heterocycles. The van der Waals surface area contributed by atoms with Gasteiger partial charge in [0.05, 0.1) is 0 Å². The van der Waals surface area contributed by atoms with Crippen molar-refractivity contribution in [2.75, 3.05) is 25.4 Å². The maximum Gasteiger partial charge on any atom is 0.349 e. The third-order valence-electron chi connectivity index (χ3n) is 3.48. The number of carbonyl (C=O) groups excluding carboxylic acids is 1. The fraction of sp³-hybridized carbons (Fsp3) is 0.500. The van der Waals surface area contributed by atoms with Gasteiger partial charge in [0, 0.05) is 25.8 Å². The van der Waals surface area contributed by atoms with Gasteiger partial charge >= 0.3 is 11.7 Å². The Morgan fingerprint density at radius 1 is 1.38 bits per heavy atom. The monoisotopic (exact) mass is 368 g/mol. The van der Waals surface area contributed by atoms with Crippen molar-refractivity contribution in [2.24, 2.45) is 22.2 Å². The van der Waals surface area contributed by atoms with E-state index in [2.05, 4.69) is 9.98 Å². The second-order valence-corrected chi connectivity index (χ2v) is 5.44. The maximum absolute atomic E-state index is 12.5. The lowest BCUT2D eigenvalue weighted by molar-refractivity contribution is -0.150. The van der Waals surface area contributed by atoms with Crippen LogP contribution in [0.5, 0.6) is 0 Å². The molecule has 0 unspecified atom stereocenters. The summed E-state index contributed by atoms with van der Waals surface area (Å²) in [6.07, 6.45) is 1.80. The Kier molecular flexibility index (Phi) is 8.02. The van der Waals surface area contributed by atoms with Gasteiger partial charge in [-0.15, -0.1) is 0 Å². The van der Waals surface area contributed by atoms with E-state index in [1.807, 2.05) is 0 Å². The molecule has 0 aromatic carbocycles. The summed E-state index contributed by atoms with van der Waals surface area (Å²) >= 11 is 0. The van der Waals surface area contributed by atoms with Crippen molar-refractivity contribution in [3.63, 3.8) is 0 Å². The molecule has 0 fully saturated rings. The van der Waals surface area contributed by atoms with E-state index in [1.54, 1.807) is 0 Å². The molecular formula is C14H24N8O4. The van der Waals surface area contributed by atoms with Crippen LogP contribution < -0.4 is 28.6 Å². The molecule has 1 aromatic rings. The van der Waals surface area contributed by atoms with Gasteiger partial charge < -0.3 is 32.9 Å². The van der Waals surface area contributed by atoms with E-state index in [1.165, 1.54) is 12.3 Å².